The molecule has 0 unspecified atom stereocenters. The maximum atomic E-state index is 13.7. The molecule has 0 aliphatic carbocycles. The third kappa shape index (κ3) is 5.55. The third-order valence-electron chi connectivity index (χ3n) is 4.87. The molecule has 0 aliphatic heterocycles. The highest BCUT2D eigenvalue weighted by atomic mass is 35.5. The molecule has 1 heterocycles. The fourth-order valence-electron chi connectivity index (χ4n) is 3.18. The number of rotatable bonds is 7. The number of ether oxygens (including phenoxy) is 3. The molecule has 186 valence electrons. The number of amides is 1. The van der Waals surface area contributed by atoms with Crippen LogP contribution in [0.2, 0.25) is 5.02 Å². The van der Waals surface area contributed by atoms with Crippen molar-refractivity contribution in [3.8, 4) is 23.0 Å². The minimum Gasteiger partial charge on any atom is -0.497 e. The Morgan fingerprint density at radius 1 is 1.03 bits per heavy atom. The molecule has 0 fully saturated rings. The lowest BCUT2D eigenvalue weighted by Crippen LogP contribution is -2.20. The zero-order chi connectivity index (χ0) is 25.9. The van der Waals surface area contributed by atoms with E-state index in [0.717, 1.165) is 6.07 Å². The van der Waals surface area contributed by atoms with Crippen molar-refractivity contribution in [2.75, 3.05) is 19.0 Å². The molecule has 0 aliphatic rings. The standard InChI is InChI=1S/C25H17ClF3NO6/c1-33-15-8-6-14(7-9-15)30-21(31)13-34-16-10-11-17-20(12-16)36-24(25(27,28)29)23(22(17)32)35-19-5-3-2-4-18(19)26/h2-12H,13H2,1H3,(H,30,31). The van der Waals surface area contributed by atoms with Crippen LogP contribution in [0.5, 0.6) is 23.0 Å². The minimum atomic E-state index is -5.04. The van der Waals surface area contributed by atoms with E-state index in [1.165, 1.54) is 37.4 Å². The molecule has 0 bridgehead atoms. The Bertz CT molecular complexity index is 1470. The zero-order valence-corrected chi connectivity index (χ0v) is 19.3. The van der Waals surface area contributed by atoms with Gasteiger partial charge < -0.3 is 23.9 Å². The quantitative estimate of drug-likeness (QED) is 0.309. The van der Waals surface area contributed by atoms with Crippen LogP contribution in [0.25, 0.3) is 11.0 Å². The van der Waals surface area contributed by atoms with Crippen LogP contribution < -0.4 is 25.0 Å². The predicted octanol–water partition coefficient (Wildman–Crippen LogP) is 6.28. The van der Waals surface area contributed by atoms with Crippen LogP contribution in [0.15, 0.2) is 75.9 Å². The van der Waals surface area contributed by atoms with Gasteiger partial charge in [0, 0.05) is 11.8 Å². The largest absolute Gasteiger partial charge is 0.497 e. The number of alkyl halides is 3. The van der Waals surface area contributed by atoms with E-state index < -0.39 is 41.2 Å². The molecular formula is C25H17ClF3NO6. The molecule has 3 aromatic carbocycles. The van der Waals surface area contributed by atoms with E-state index in [1.54, 1.807) is 30.3 Å². The van der Waals surface area contributed by atoms with Gasteiger partial charge in [-0.25, -0.2) is 0 Å². The molecule has 1 amide bonds. The summed E-state index contributed by atoms with van der Waals surface area (Å²) in [4.78, 5) is 25.1. The Balaban J connectivity index is 1.58. The van der Waals surface area contributed by atoms with Gasteiger partial charge in [0.1, 0.15) is 22.8 Å². The van der Waals surface area contributed by atoms with E-state index in [2.05, 4.69) is 5.32 Å². The molecule has 7 nitrogen and oxygen atoms in total. The molecule has 11 heteroatoms. The first-order valence-electron chi connectivity index (χ1n) is 10.3. The van der Waals surface area contributed by atoms with Gasteiger partial charge >= 0.3 is 6.18 Å². The summed E-state index contributed by atoms with van der Waals surface area (Å²) in [5.41, 5.74) is -0.950. The Hall–Kier alpha value is -4.18. The first kappa shape index (κ1) is 24.9. The number of benzene rings is 3. The first-order chi connectivity index (χ1) is 17.2. The zero-order valence-electron chi connectivity index (χ0n) is 18.5. The summed E-state index contributed by atoms with van der Waals surface area (Å²) in [5.74, 6) is -2.70. The maximum Gasteiger partial charge on any atom is 0.453 e. The van der Waals surface area contributed by atoms with Gasteiger partial charge in [0.05, 0.1) is 17.5 Å². The molecule has 4 rings (SSSR count). The second-order valence-corrected chi connectivity index (χ2v) is 7.75. The molecule has 0 saturated heterocycles. The summed E-state index contributed by atoms with van der Waals surface area (Å²) < 4.78 is 61.9. The molecule has 1 N–H and O–H groups in total. The molecule has 0 spiro atoms. The van der Waals surface area contributed by atoms with E-state index in [9.17, 15) is 22.8 Å². The molecule has 0 saturated carbocycles. The summed E-state index contributed by atoms with van der Waals surface area (Å²) in [6.45, 7) is -0.443. The topological polar surface area (TPSA) is 87.0 Å². The third-order valence-corrected chi connectivity index (χ3v) is 5.18. The molecule has 0 atom stereocenters. The van der Waals surface area contributed by atoms with Gasteiger partial charge in [-0.2, -0.15) is 13.2 Å². The number of para-hydroxylation sites is 1. The van der Waals surface area contributed by atoms with Crippen molar-refractivity contribution in [3.05, 3.63) is 87.7 Å². The van der Waals surface area contributed by atoms with Crippen LogP contribution in [0.1, 0.15) is 5.76 Å². The van der Waals surface area contributed by atoms with E-state index in [1.807, 2.05) is 0 Å². The van der Waals surface area contributed by atoms with Gasteiger partial charge in [-0.3, -0.25) is 9.59 Å². The fraction of sp³-hybridized carbons (Fsp3) is 0.120. The molecule has 0 radical (unpaired) electrons. The number of methoxy groups -OCH3 is 1. The van der Waals surface area contributed by atoms with Crippen molar-refractivity contribution in [1.82, 2.24) is 0 Å². The van der Waals surface area contributed by atoms with Gasteiger partial charge in [0.15, 0.2) is 6.61 Å². The fourth-order valence-corrected chi connectivity index (χ4v) is 3.36. The van der Waals surface area contributed by atoms with E-state index in [-0.39, 0.29) is 21.9 Å². The number of nitrogens with one attached hydrogen (secondary N) is 1. The smallest absolute Gasteiger partial charge is 0.453 e. The highest BCUT2D eigenvalue weighted by molar-refractivity contribution is 6.32. The van der Waals surface area contributed by atoms with Crippen molar-refractivity contribution >= 4 is 34.2 Å². The number of anilines is 1. The van der Waals surface area contributed by atoms with Gasteiger partial charge in [-0.1, -0.05) is 23.7 Å². The van der Waals surface area contributed by atoms with Gasteiger partial charge in [-0.15, -0.1) is 0 Å². The van der Waals surface area contributed by atoms with Crippen molar-refractivity contribution in [2.45, 2.75) is 6.18 Å². The summed E-state index contributed by atoms with van der Waals surface area (Å²) >= 11 is 5.96. The minimum absolute atomic E-state index is 0.0155. The predicted molar refractivity (Wildman–Crippen MR) is 126 cm³/mol. The van der Waals surface area contributed by atoms with E-state index >= 15 is 0 Å². The number of carbonyl (C=O) groups is 1. The average Bonchev–Trinajstić information content (AvgIpc) is 2.85. The summed E-state index contributed by atoms with van der Waals surface area (Å²) in [5, 5.41) is 2.44. The highest BCUT2D eigenvalue weighted by Crippen LogP contribution is 2.39. The Morgan fingerprint density at radius 3 is 2.39 bits per heavy atom. The number of hydrogen-bond acceptors (Lipinski definition) is 6. The van der Waals surface area contributed by atoms with Crippen molar-refractivity contribution in [2.24, 2.45) is 0 Å². The normalized spacial score (nSPS) is 11.2. The number of halogens is 4. The second kappa shape index (κ2) is 10.2. The van der Waals surface area contributed by atoms with Crippen LogP contribution in [0.3, 0.4) is 0 Å². The van der Waals surface area contributed by atoms with Crippen molar-refractivity contribution in [1.29, 1.82) is 0 Å². The number of fused-ring (bicyclic) bond motifs is 1. The lowest BCUT2D eigenvalue weighted by molar-refractivity contribution is -0.154. The average molecular weight is 520 g/mol. The Morgan fingerprint density at radius 2 is 1.72 bits per heavy atom. The van der Waals surface area contributed by atoms with Crippen molar-refractivity contribution < 1.29 is 36.6 Å². The monoisotopic (exact) mass is 519 g/mol. The SMILES string of the molecule is COc1ccc(NC(=O)COc2ccc3c(=O)c(Oc4ccccc4Cl)c(C(F)(F)F)oc3c2)cc1. The molecule has 36 heavy (non-hydrogen) atoms. The van der Waals surface area contributed by atoms with E-state index in [0.29, 0.717) is 11.4 Å². The Labute approximate surface area is 207 Å². The Kier molecular flexibility index (Phi) is 7.07. The summed E-state index contributed by atoms with van der Waals surface area (Å²) in [6, 6.07) is 16.0. The van der Waals surface area contributed by atoms with Crippen LogP contribution in [-0.2, 0) is 11.0 Å². The maximum absolute atomic E-state index is 13.7. The van der Waals surface area contributed by atoms with Gasteiger partial charge in [0.25, 0.3) is 11.7 Å². The van der Waals surface area contributed by atoms with Crippen LogP contribution in [0.4, 0.5) is 18.9 Å². The molecule has 1 aromatic heterocycles. The molecule has 4 aromatic rings. The van der Waals surface area contributed by atoms with Gasteiger partial charge in [0.2, 0.25) is 11.2 Å². The summed E-state index contributed by atoms with van der Waals surface area (Å²) in [6.07, 6.45) is -5.04. The second-order valence-electron chi connectivity index (χ2n) is 7.34. The highest BCUT2D eigenvalue weighted by Gasteiger charge is 2.40. The van der Waals surface area contributed by atoms with Crippen LogP contribution in [0, 0.1) is 0 Å². The first-order valence-corrected chi connectivity index (χ1v) is 10.7. The lowest BCUT2D eigenvalue weighted by atomic mass is 10.2. The number of hydrogen-bond donors (Lipinski definition) is 1. The van der Waals surface area contributed by atoms with Gasteiger partial charge in [-0.05, 0) is 48.5 Å². The molecular weight excluding hydrogens is 503 g/mol. The number of carbonyl (C=O) groups excluding carboxylic acids is 1. The van der Waals surface area contributed by atoms with Crippen molar-refractivity contribution in [3.63, 3.8) is 0 Å². The van der Waals surface area contributed by atoms with E-state index in [4.69, 9.17) is 30.2 Å². The lowest BCUT2D eigenvalue weighted by Gasteiger charge is -2.14. The summed E-state index contributed by atoms with van der Waals surface area (Å²) in [7, 11) is 1.51. The van der Waals surface area contributed by atoms with Crippen LogP contribution >= 0.6 is 11.6 Å². The van der Waals surface area contributed by atoms with Crippen LogP contribution in [-0.4, -0.2) is 19.6 Å².